The minimum atomic E-state index is -1.04. The fourth-order valence-electron chi connectivity index (χ4n) is 1.01. The zero-order chi connectivity index (χ0) is 9.19. The fourth-order valence-corrected chi connectivity index (χ4v) is 1.01. The SMILES string of the molecule is Cc1ccc(C(C)(O)CNN)o1. The molecular formula is C8H14N2O2. The monoisotopic (exact) mass is 170 g/mol. The van der Waals surface area contributed by atoms with E-state index in [4.69, 9.17) is 10.3 Å². The Morgan fingerprint density at radius 1 is 1.67 bits per heavy atom. The Hall–Kier alpha value is -0.840. The lowest BCUT2D eigenvalue weighted by Crippen LogP contribution is -2.38. The minimum Gasteiger partial charge on any atom is -0.463 e. The molecule has 0 fully saturated rings. The predicted molar refractivity (Wildman–Crippen MR) is 45.2 cm³/mol. The lowest BCUT2D eigenvalue weighted by molar-refractivity contribution is 0.0338. The van der Waals surface area contributed by atoms with Gasteiger partial charge in [-0.25, -0.2) is 0 Å². The Morgan fingerprint density at radius 3 is 2.75 bits per heavy atom. The number of nitrogens with one attached hydrogen (secondary N) is 1. The standard InChI is InChI=1S/C8H14N2O2/c1-6-3-4-7(12-6)8(2,11)5-10-9/h3-4,10-11H,5,9H2,1-2H3. The van der Waals surface area contributed by atoms with Gasteiger partial charge >= 0.3 is 0 Å². The molecule has 0 spiro atoms. The van der Waals surface area contributed by atoms with E-state index in [0.29, 0.717) is 5.76 Å². The van der Waals surface area contributed by atoms with E-state index in [-0.39, 0.29) is 6.54 Å². The van der Waals surface area contributed by atoms with E-state index in [2.05, 4.69) is 5.43 Å². The molecule has 0 aliphatic carbocycles. The Balaban J connectivity index is 2.81. The molecule has 0 bridgehead atoms. The summed E-state index contributed by atoms with van der Waals surface area (Å²) in [6, 6.07) is 3.55. The quantitative estimate of drug-likeness (QED) is 0.449. The number of nitrogens with two attached hydrogens (primary N) is 1. The van der Waals surface area contributed by atoms with Gasteiger partial charge in [-0.15, -0.1) is 0 Å². The van der Waals surface area contributed by atoms with Crippen molar-refractivity contribution >= 4 is 0 Å². The topological polar surface area (TPSA) is 71.4 Å². The second-order valence-electron chi connectivity index (χ2n) is 3.07. The normalized spacial score (nSPS) is 16.0. The van der Waals surface area contributed by atoms with E-state index in [1.54, 1.807) is 19.1 Å². The Morgan fingerprint density at radius 2 is 2.33 bits per heavy atom. The molecule has 1 aromatic rings. The van der Waals surface area contributed by atoms with E-state index in [1.165, 1.54) is 0 Å². The van der Waals surface area contributed by atoms with Gasteiger partial charge in [0.1, 0.15) is 17.1 Å². The minimum absolute atomic E-state index is 0.264. The van der Waals surface area contributed by atoms with Crippen molar-refractivity contribution in [1.82, 2.24) is 5.43 Å². The van der Waals surface area contributed by atoms with Crippen LogP contribution < -0.4 is 11.3 Å². The maximum absolute atomic E-state index is 9.76. The Kier molecular flexibility index (Phi) is 2.52. The van der Waals surface area contributed by atoms with Crippen LogP contribution in [0.1, 0.15) is 18.4 Å². The van der Waals surface area contributed by atoms with Crippen LogP contribution in [0.5, 0.6) is 0 Å². The summed E-state index contributed by atoms with van der Waals surface area (Å²) in [6.07, 6.45) is 0. The van der Waals surface area contributed by atoms with Crippen molar-refractivity contribution in [3.8, 4) is 0 Å². The third kappa shape index (κ3) is 1.85. The summed E-state index contributed by atoms with van der Waals surface area (Å²) in [5.74, 6) is 6.41. The first-order chi connectivity index (χ1) is 5.56. The van der Waals surface area contributed by atoms with E-state index < -0.39 is 5.60 Å². The molecule has 4 N–H and O–H groups in total. The van der Waals surface area contributed by atoms with Crippen LogP contribution in [0.3, 0.4) is 0 Å². The molecule has 12 heavy (non-hydrogen) atoms. The van der Waals surface area contributed by atoms with E-state index in [0.717, 1.165) is 5.76 Å². The molecule has 0 aliphatic rings. The van der Waals surface area contributed by atoms with Crippen molar-refractivity contribution < 1.29 is 9.52 Å². The smallest absolute Gasteiger partial charge is 0.136 e. The molecule has 1 rings (SSSR count). The van der Waals surface area contributed by atoms with Gasteiger partial charge in [-0.1, -0.05) is 0 Å². The molecule has 1 heterocycles. The van der Waals surface area contributed by atoms with Crippen LogP contribution >= 0.6 is 0 Å². The van der Waals surface area contributed by atoms with Crippen molar-refractivity contribution in [3.05, 3.63) is 23.7 Å². The van der Waals surface area contributed by atoms with Gasteiger partial charge in [0, 0.05) is 6.54 Å². The number of aliphatic hydroxyl groups is 1. The molecule has 0 aromatic carbocycles. The highest BCUT2D eigenvalue weighted by Gasteiger charge is 2.25. The predicted octanol–water partition coefficient (Wildman–Crippen LogP) is 0.259. The van der Waals surface area contributed by atoms with Gasteiger partial charge in [0.15, 0.2) is 0 Å². The highest BCUT2D eigenvalue weighted by molar-refractivity contribution is 5.12. The summed E-state index contributed by atoms with van der Waals surface area (Å²) in [5.41, 5.74) is 1.37. The summed E-state index contributed by atoms with van der Waals surface area (Å²) < 4.78 is 5.26. The first-order valence-electron chi connectivity index (χ1n) is 3.79. The molecule has 0 saturated carbocycles. The van der Waals surface area contributed by atoms with E-state index in [9.17, 15) is 5.11 Å². The van der Waals surface area contributed by atoms with Crippen molar-refractivity contribution in [2.45, 2.75) is 19.4 Å². The van der Waals surface area contributed by atoms with Crippen LogP contribution in [-0.2, 0) is 5.60 Å². The van der Waals surface area contributed by atoms with Gasteiger partial charge in [0.05, 0.1) is 0 Å². The molecule has 0 saturated heterocycles. The van der Waals surface area contributed by atoms with Crippen molar-refractivity contribution in [2.24, 2.45) is 5.84 Å². The molecule has 0 aliphatic heterocycles. The van der Waals surface area contributed by atoms with E-state index in [1.807, 2.05) is 6.92 Å². The van der Waals surface area contributed by atoms with Gasteiger partial charge in [-0.05, 0) is 26.0 Å². The van der Waals surface area contributed by atoms with Crippen molar-refractivity contribution in [3.63, 3.8) is 0 Å². The fraction of sp³-hybridized carbons (Fsp3) is 0.500. The molecule has 1 aromatic heterocycles. The maximum Gasteiger partial charge on any atom is 0.136 e. The average molecular weight is 170 g/mol. The van der Waals surface area contributed by atoms with Gasteiger partial charge in [0.2, 0.25) is 0 Å². The third-order valence-electron chi connectivity index (χ3n) is 1.72. The van der Waals surface area contributed by atoms with Gasteiger partial charge < -0.3 is 9.52 Å². The molecule has 4 heteroatoms. The molecule has 0 radical (unpaired) electrons. The van der Waals surface area contributed by atoms with E-state index >= 15 is 0 Å². The Bertz CT molecular complexity index is 255. The number of furan rings is 1. The molecule has 4 nitrogen and oxygen atoms in total. The lowest BCUT2D eigenvalue weighted by Gasteiger charge is -2.19. The summed E-state index contributed by atoms with van der Waals surface area (Å²) in [4.78, 5) is 0. The van der Waals surface area contributed by atoms with Gasteiger partial charge in [-0.3, -0.25) is 11.3 Å². The zero-order valence-corrected chi connectivity index (χ0v) is 7.29. The molecular weight excluding hydrogens is 156 g/mol. The van der Waals surface area contributed by atoms with Crippen LogP contribution in [0, 0.1) is 6.92 Å². The second kappa shape index (κ2) is 3.26. The number of hydrogen-bond donors (Lipinski definition) is 3. The number of hydrazine groups is 1. The van der Waals surface area contributed by atoms with Gasteiger partial charge in [-0.2, -0.15) is 0 Å². The second-order valence-corrected chi connectivity index (χ2v) is 3.07. The summed E-state index contributed by atoms with van der Waals surface area (Å²) in [7, 11) is 0. The largest absolute Gasteiger partial charge is 0.463 e. The first kappa shape index (κ1) is 9.25. The number of hydrogen-bond acceptors (Lipinski definition) is 4. The Labute approximate surface area is 71.3 Å². The molecule has 1 atom stereocenters. The molecule has 1 unspecified atom stereocenters. The van der Waals surface area contributed by atoms with Crippen LogP contribution in [0.2, 0.25) is 0 Å². The van der Waals surface area contributed by atoms with Crippen molar-refractivity contribution in [2.75, 3.05) is 6.54 Å². The zero-order valence-electron chi connectivity index (χ0n) is 7.29. The summed E-state index contributed by atoms with van der Waals surface area (Å²) in [6.45, 7) is 3.74. The highest BCUT2D eigenvalue weighted by Crippen LogP contribution is 2.21. The first-order valence-corrected chi connectivity index (χ1v) is 3.79. The maximum atomic E-state index is 9.76. The molecule has 0 amide bonds. The van der Waals surface area contributed by atoms with Gasteiger partial charge in [0.25, 0.3) is 0 Å². The number of aryl methyl sites for hydroxylation is 1. The average Bonchev–Trinajstić information content (AvgIpc) is 2.36. The highest BCUT2D eigenvalue weighted by atomic mass is 16.4. The summed E-state index contributed by atoms with van der Waals surface area (Å²) >= 11 is 0. The van der Waals surface area contributed by atoms with Crippen molar-refractivity contribution in [1.29, 1.82) is 0 Å². The van der Waals surface area contributed by atoms with Crippen LogP contribution in [0.4, 0.5) is 0 Å². The third-order valence-corrected chi connectivity index (χ3v) is 1.72. The van der Waals surface area contributed by atoms with Crippen LogP contribution in [-0.4, -0.2) is 11.7 Å². The van der Waals surface area contributed by atoms with Crippen LogP contribution in [0.15, 0.2) is 16.5 Å². The molecule has 68 valence electrons. The van der Waals surface area contributed by atoms with Crippen LogP contribution in [0.25, 0.3) is 0 Å². The summed E-state index contributed by atoms with van der Waals surface area (Å²) in [5, 5.41) is 9.76. The number of rotatable bonds is 3. The lowest BCUT2D eigenvalue weighted by atomic mass is 10.0.